The molecule has 232 valence electrons. The van der Waals surface area contributed by atoms with E-state index in [9.17, 15) is 23.2 Å². The molecule has 2 heterocycles. The summed E-state index contributed by atoms with van der Waals surface area (Å²) in [6.45, 7) is 14.4. The number of fused-ring (bicyclic) bond motifs is 6. The average Bonchev–Trinajstić information content (AvgIpc) is 3.23. The summed E-state index contributed by atoms with van der Waals surface area (Å²) in [4.78, 5) is 18.7. The number of hydrogen-bond acceptors (Lipinski definition) is 6. The van der Waals surface area contributed by atoms with Crippen LogP contribution in [-0.4, -0.2) is 29.1 Å². The number of aromatic nitrogens is 2. The van der Waals surface area contributed by atoms with E-state index >= 15 is 0 Å². The Morgan fingerprint density at radius 2 is 1.74 bits per heavy atom. The van der Waals surface area contributed by atoms with Crippen LogP contribution >= 0.6 is 0 Å². The molecule has 9 heteroatoms. The molecule has 6 nitrogen and oxygen atoms in total. The standard InChI is InChI=1S/C34H42F3N3O3/c1-27(2)7-10-32(26-39-25(40-43-26)34(35,36)37)11-8-30(5)24(21(32)15-27)22(41)13-23-29(30,4)9-12-33-18-28(33,3)19-42-17-20(16-38)14-31(23,33)6/h13-14,21,24H,7-12,15,17-19H2,1-6H3/b20-14-/t21-,24-,28?,29+,30+,31+,32-,33+/m0/s1. The Hall–Kier alpha value is -2.47. The highest BCUT2D eigenvalue weighted by molar-refractivity contribution is 5.95. The van der Waals surface area contributed by atoms with Crippen molar-refractivity contribution < 1.29 is 27.2 Å². The molecular weight excluding hydrogens is 555 g/mol. The van der Waals surface area contributed by atoms with Crippen LogP contribution in [0.5, 0.6) is 0 Å². The lowest BCUT2D eigenvalue weighted by atomic mass is 9.35. The molecule has 1 aliphatic heterocycles. The van der Waals surface area contributed by atoms with Crippen LogP contribution in [0.15, 0.2) is 27.8 Å². The minimum absolute atomic E-state index is 0.0224. The van der Waals surface area contributed by atoms with Gasteiger partial charge in [-0.3, -0.25) is 4.79 Å². The van der Waals surface area contributed by atoms with Crippen LogP contribution < -0.4 is 0 Å². The van der Waals surface area contributed by atoms with E-state index in [2.05, 4.69) is 63.8 Å². The second-order valence-corrected chi connectivity index (χ2v) is 16.5. The maximum absolute atomic E-state index is 14.7. The minimum atomic E-state index is -4.69. The van der Waals surface area contributed by atoms with Crippen molar-refractivity contribution >= 4 is 5.78 Å². The van der Waals surface area contributed by atoms with Crippen molar-refractivity contribution in [3.05, 3.63) is 35.0 Å². The SMILES string of the molecule is CC1(C)CC[C@]2(c3nc(C(F)(F)F)no3)CC[C@]3(C)[C@H](C(=O)C=C4[C@@]5(C)/C=C(/C#N)COCC6(C)C[C@]65CC[C@]43C)[C@@H]2C1. The first kappa shape index (κ1) is 29.3. The summed E-state index contributed by atoms with van der Waals surface area (Å²) in [7, 11) is 0. The van der Waals surface area contributed by atoms with Crippen molar-refractivity contribution in [2.75, 3.05) is 13.2 Å². The van der Waals surface area contributed by atoms with Crippen LogP contribution in [0.3, 0.4) is 0 Å². The first-order valence-electron chi connectivity index (χ1n) is 15.8. The van der Waals surface area contributed by atoms with Gasteiger partial charge in [-0.1, -0.05) is 52.8 Å². The highest BCUT2D eigenvalue weighted by Gasteiger charge is 2.78. The second-order valence-electron chi connectivity index (χ2n) is 16.5. The van der Waals surface area contributed by atoms with E-state index < -0.39 is 28.2 Å². The molecule has 8 atom stereocenters. The zero-order valence-electron chi connectivity index (χ0n) is 26.1. The quantitative estimate of drug-likeness (QED) is 0.329. The Morgan fingerprint density at radius 1 is 1.02 bits per heavy atom. The summed E-state index contributed by atoms with van der Waals surface area (Å²) >= 11 is 0. The average molecular weight is 598 g/mol. The van der Waals surface area contributed by atoms with Crippen molar-refractivity contribution in [1.82, 2.24) is 10.1 Å². The molecule has 4 saturated carbocycles. The van der Waals surface area contributed by atoms with Gasteiger partial charge in [0.05, 0.1) is 30.3 Å². The summed E-state index contributed by atoms with van der Waals surface area (Å²) < 4.78 is 52.3. The Balaban J connectivity index is 1.39. The molecule has 5 aliphatic carbocycles. The van der Waals surface area contributed by atoms with Gasteiger partial charge in [0.1, 0.15) is 0 Å². The Kier molecular flexibility index (Phi) is 5.72. The maximum atomic E-state index is 14.7. The number of allylic oxidation sites excluding steroid dienone is 3. The molecule has 0 saturated heterocycles. The number of nitrogens with zero attached hydrogens (tertiary/aromatic N) is 3. The Labute approximate surface area is 251 Å². The van der Waals surface area contributed by atoms with Gasteiger partial charge < -0.3 is 9.26 Å². The third-order valence-electron chi connectivity index (χ3n) is 14.1. The fourth-order valence-corrected chi connectivity index (χ4v) is 11.4. The van der Waals surface area contributed by atoms with E-state index in [4.69, 9.17) is 9.26 Å². The van der Waals surface area contributed by atoms with Gasteiger partial charge in [0.2, 0.25) is 5.89 Å². The van der Waals surface area contributed by atoms with Gasteiger partial charge in [0.15, 0.2) is 5.78 Å². The zero-order valence-corrected chi connectivity index (χ0v) is 26.1. The third-order valence-corrected chi connectivity index (χ3v) is 14.1. The number of halogens is 3. The normalized spacial score (nSPS) is 48.0. The zero-order chi connectivity index (χ0) is 31.1. The summed E-state index contributed by atoms with van der Waals surface area (Å²) in [5.74, 6) is -1.74. The minimum Gasteiger partial charge on any atom is -0.375 e. The fourth-order valence-electron chi connectivity index (χ4n) is 11.4. The van der Waals surface area contributed by atoms with Crippen LogP contribution in [-0.2, 0) is 21.1 Å². The predicted octanol–water partition coefficient (Wildman–Crippen LogP) is 7.76. The van der Waals surface area contributed by atoms with Crippen LogP contribution in [0.25, 0.3) is 0 Å². The van der Waals surface area contributed by atoms with Gasteiger partial charge in [-0.2, -0.15) is 23.4 Å². The Bertz CT molecular complexity index is 1520. The van der Waals surface area contributed by atoms with E-state index in [0.29, 0.717) is 37.9 Å². The van der Waals surface area contributed by atoms with Gasteiger partial charge in [-0.05, 0) is 96.0 Å². The Morgan fingerprint density at radius 3 is 2.42 bits per heavy atom. The number of nitriles is 1. The molecule has 43 heavy (non-hydrogen) atoms. The topological polar surface area (TPSA) is 89.0 Å². The third kappa shape index (κ3) is 3.53. The molecule has 4 fully saturated rings. The molecule has 1 spiro atoms. The molecule has 0 N–H and O–H groups in total. The second kappa shape index (κ2) is 8.41. The molecule has 1 unspecified atom stereocenters. The summed E-state index contributed by atoms with van der Waals surface area (Å²) in [5, 5.41) is 13.4. The summed E-state index contributed by atoms with van der Waals surface area (Å²) in [5.41, 5.74) is -0.430. The van der Waals surface area contributed by atoms with Crippen molar-refractivity contribution in [3.8, 4) is 6.07 Å². The smallest absolute Gasteiger partial charge is 0.375 e. The van der Waals surface area contributed by atoms with Crippen molar-refractivity contribution in [2.45, 2.75) is 105 Å². The molecule has 0 bridgehead atoms. The van der Waals surface area contributed by atoms with E-state index in [-0.39, 0.29) is 51.8 Å². The van der Waals surface area contributed by atoms with Gasteiger partial charge in [-0.15, -0.1) is 0 Å². The molecule has 0 amide bonds. The van der Waals surface area contributed by atoms with Gasteiger partial charge >= 0.3 is 6.18 Å². The molecule has 0 aromatic carbocycles. The largest absolute Gasteiger partial charge is 0.455 e. The lowest BCUT2D eigenvalue weighted by molar-refractivity contribution is -0.160. The van der Waals surface area contributed by atoms with E-state index in [1.54, 1.807) is 0 Å². The monoisotopic (exact) mass is 597 g/mol. The fraction of sp³-hybridized carbons (Fsp3) is 0.765. The number of ketones is 1. The van der Waals surface area contributed by atoms with E-state index in [1.807, 2.05) is 6.08 Å². The van der Waals surface area contributed by atoms with Crippen LogP contribution in [0.2, 0.25) is 0 Å². The van der Waals surface area contributed by atoms with E-state index in [1.165, 1.54) is 0 Å². The van der Waals surface area contributed by atoms with Crippen molar-refractivity contribution in [1.29, 1.82) is 5.26 Å². The molecular formula is C34H42F3N3O3. The lowest BCUT2D eigenvalue weighted by Crippen LogP contribution is -2.65. The number of carbonyl (C=O) groups excluding carboxylic acids is 1. The molecule has 0 radical (unpaired) electrons. The number of rotatable bonds is 1. The molecule has 1 aromatic heterocycles. The van der Waals surface area contributed by atoms with E-state index in [0.717, 1.165) is 31.3 Å². The predicted molar refractivity (Wildman–Crippen MR) is 151 cm³/mol. The summed E-state index contributed by atoms with van der Waals surface area (Å²) in [6, 6.07) is 2.37. The molecule has 1 aromatic rings. The van der Waals surface area contributed by atoms with Crippen LogP contribution in [0.4, 0.5) is 13.2 Å². The van der Waals surface area contributed by atoms with Gasteiger partial charge in [0, 0.05) is 11.3 Å². The first-order valence-corrected chi connectivity index (χ1v) is 15.8. The van der Waals surface area contributed by atoms with Crippen molar-refractivity contribution in [3.63, 3.8) is 0 Å². The number of ether oxygens (including phenoxy) is 1. The highest BCUT2D eigenvalue weighted by Crippen LogP contribution is 2.83. The van der Waals surface area contributed by atoms with Gasteiger partial charge in [0.25, 0.3) is 5.82 Å². The van der Waals surface area contributed by atoms with Crippen LogP contribution in [0.1, 0.15) is 105 Å². The number of hydrogen-bond donors (Lipinski definition) is 0. The number of carbonyl (C=O) groups is 1. The lowest BCUT2D eigenvalue weighted by Gasteiger charge is -2.68. The number of alkyl halides is 3. The van der Waals surface area contributed by atoms with Gasteiger partial charge in [-0.25, -0.2) is 0 Å². The highest BCUT2D eigenvalue weighted by atomic mass is 19.4. The summed E-state index contributed by atoms with van der Waals surface area (Å²) in [6.07, 6.45) is 5.63. The molecule has 6 aliphatic rings. The maximum Gasteiger partial charge on any atom is 0.455 e. The molecule has 7 rings (SSSR count). The van der Waals surface area contributed by atoms with Crippen LogP contribution in [0, 0.1) is 55.7 Å². The first-order chi connectivity index (χ1) is 19.9. The van der Waals surface area contributed by atoms with Crippen molar-refractivity contribution in [2.24, 2.45) is 44.3 Å².